The summed E-state index contributed by atoms with van der Waals surface area (Å²) in [6.45, 7) is -0.156. The van der Waals surface area contributed by atoms with Gasteiger partial charge >= 0.3 is 5.97 Å². The second-order valence-corrected chi connectivity index (χ2v) is 6.03. The van der Waals surface area contributed by atoms with Crippen LogP contribution in [0.4, 0.5) is 22.0 Å². The minimum absolute atomic E-state index is 0.0340. The summed E-state index contributed by atoms with van der Waals surface area (Å²) in [5.41, 5.74) is 7.74. The largest absolute Gasteiger partial charge is 0.457 e. The van der Waals surface area contributed by atoms with Gasteiger partial charge < -0.3 is 15.8 Å². The average molecular weight is 392 g/mol. The number of carbonyl (C=O) groups is 1. The quantitative estimate of drug-likeness (QED) is 0.588. The lowest BCUT2D eigenvalue weighted by Gasteiger charge is -2.08. The Bertz CT molecular complexity index is 1030. The van der Waals surface area contributed by atoms with Crippen molar-refractivity contribution in [3.63, 3.8) is 0 Å². The maximum atomic E-state index is 13.0. The van der Waals surface area contributed by atoms with E-state index in [2.05, 4.69) is 20.3 Å². The average Bonchev–Trinajstić information content (AvgIpc) is 2.72. The Hall–Kier alpha value is -4.06. The third-order valence-electron chi connectivity index (χ3n) is 3.86. The second kappa shape index (κ2) is 9.23. The van der Waals surface area contributed by atoms with E-state index in [0.717, 1.165) is 5.56 Å². The van der Waals surface area contributed by atoms with Gasteiger partial charge in [-0.2, -0.15) is 20.2 Å². The smallest absolute Gasteiger partial charge is 0.306 e. The highest BCUT2D eigenvalue weighted by Crippen LogP contribution is 2.14. The van der Waals surface area contributed by atoms with Crippen LogP contribution in [-0.4, -0.2) is 20.9 Å². The fraction of sp³-hybridized carbons (Fsp3) is 0.150. The first-order chi connectivity index (χ1) is 14.0. The molecule has 3 N–H and O–H groups in total. The maximum Gasteiger partial charge on any atom is 0.306 e. The fourth-order valence-corrected chi connectivity index (χ4v) is 2.43. The van der Waals surface area contributed by atoms with Gasteiger partial charge in [0.2, 0.25) is 11.9 Å². The van der Waals surface area contributed by atoms with Gasteiger partial charge in [0.1, 0.15) is 5.82 Å². The predicted molar refractivity (Wildman–Crippen MR) is 103 cm³/mol. The highest BCUT2D eigenvalue weighted by atomic mass is 19.1. The van der Waals surface area contributed by atoms with Crippen molar-refractivity contribution in [2.45, 2.75) is 19.4 Å². The van der Waals surface area contributed by atoms with Crippen LogP contribution in [0, 0.1) is 17.1 Å². The number of carbonyl (C=O) groups excluding carboxylic acids is 1. The number of nitrogen functional groups attached to an aromatic ring is 1. The van der Waals surface area contributed by atoms with E-state index >= 15 is 0 Å². The molecule has 0 amide bonds. The standard InChI is InChI=1S/C20H17FN6O2/c21-15-6-8-16(9-7-15)24-20-26-17(25-19(23)27-20)12-29-18(28)10-5-13-1-3-14(11-22)4-2-13/h1-4,6-9H,5,10,12H2,(H3,23,24,25,26,27). The molecule has 3 aromatic rings. The number of hydrogen-bond acceptors (Lipinski definition) is 8. The summed E-state index contributed by atoms with van der Waals surface area (Å²) >= 11 is 0. The van der Waals surface area contributed by atoms with Gasteiger partial charge in [0.15, 0.2) is 12.4 Å². The Kier molecular flexibility index (Phi) is 6.27. The molecule has 0 saturated carbocycles. The van der Waals surface area contributed by atoms with Crippen LogP contribution in [0.3, 0.4) is 0 Å². The Morgan fingerprint density at radius 2 is 1.83 bits per heavy atom. The van der Waals surface area contributed by atoms with Gasteiger partial charge in [-0.25, -0.2) is 4.39 Å². The Morgan fingerprint density at radius 1 is 1.10 bits per heavy atom. The number of rotatable bonds is 7. The van der Waals surface area contributed by atoms with E-state index in [4.69, 9.17) is 15.7 Å². The molecular formula is C20H17FN6O2. The summed E-state index contributed by atoms with van der Waals surface area (Å²) in [4.78, 5) is 24.0. The molecule has 0 aliphatic carbocycles. The highest BCUT2D eigenvalue weighted by molar-refractivity contribution is 5.69. The molecule has 1 heterocycles. The summed E-state index contributed by atoms with van der Waals surface area (Å²) in [6, 6.07) is 14.7. The van der Waals surface area contributed by atoms with Crippen LogP contribution >= 0.6 is 0 Å². The lowest BCUT2D eigenvalue weighted by atomic mass is 10.1. The van der Waals surface area contributed by atoms with Gasteiger partial charge in [-0.05, 0) is 48.4 Å². The topological polar surface area (TPSA) is 127 Å². The molecule has 0 spiro atoms. The first kappa shape index (κ1) is 19.7. The van der Waals surface area contributed by atoms with Crippen molar-refractivity contribution in [3.8, 4) is 6.07 Å². The van der Waals surface area contributed by atoms with E-state index in [9.17, 15) is 9.18 Å². The van der Waals surface area contributed by atoms with Crippen molar-refractivity contribution >= 4 is 23.6 Å². The fourth-order valence-electron chi connectivity index (χ4n) is 2.43. The first-order valence-corrected chi connectivity index (χ1v) is 8.69. The monoisotopic (exact) mass is 392 g/mol. The van der Waals surface area contributed by atoms with Crippen molar-refractivity contribution < 1.29 is 13.9 Å². The van der Waals surface area contributed by atoms with Gasteiger partial charge in [0.25, 0.3) is 0 Å². The molecule has 8 nitrogen and oxygen atoms in total. The molecule has 0 unspecified atom stereocenters. The molecule has 3 rings (SSSR count). The molecular weight excluding hydrogens is 375 g/mol. The number of halogens is 1. The number of esters is 1. The second-order valence-electron chi connectivity index (χ2n) is 6.03. The minimum atomic E-state index is -0.415. The number of anilines is 3. The maximum absolute atomic E-state index is 13.0. The van der Waals surface area contributed by atoms with E-state index in [0.29, 0.717) is 17.7 Å². The third-order valence-corrected chi connectivity index (χ3v) is 3.86. The van der Waals surface area contributed by atoms with E-state index in [1.54, 1.807) is 24.3 Å². The van der Waals surface area contributed by atoms with Gasteiger partial charge in [-0.15, -0.1) is 0 Å². The van der Waals surface area contributed by atoms with Crippen molar-refractivity contribution in [2.75, 3.05) is 11.1 Å². The summed E-state index contributed by atoms with van der Waals surface area (Å²) in [6.07, 6.45) is 0.661. The van der Waals surface area contributed by atoms with Gasteiger partial charge in [0.05, 0.1) is 11.6 Å². The Labute approximate surface area is 166 Å². The number of hydrogen-bond donors (Lipinski definition) is 2. The van der Waals surface area contributed by atoms with Crippen molar-refractivity contribution in [2.24, 2.45) is 0 Å². The summed E-state index contributed by atoms with van der Waals surface area (Å²) in [7, 11) is 0. The number of ether oxygens (including phenoxy) is 1. The van der Waals surface area contributed by atoms with Crippen LogP contribution < -0.4 is 11.1 Å². The number of nitrogens with zero attached hydrogens (tertiary/aromatic N) is 4. The zero-order valence-corrected chi connectivity index (χ0v) is 15.3. The van der Waals surface area contributed by atoms with Crippen LogP contribution in [-0.2, 0) is 22.6 Å². The molecule has 0 fully saturated rings. The van der Waals surface area contributed by atoms with Crippen LogP contribution in [0.2, 0.25) is 0 Å². The lowest BCUT2D eigenvalue weighted by Crippen LogP contribution is -2.11. The predicted octanol–water partition coefficient (Wildman–Crippen LogP) is 2.88. The molecule has 9 heteroatoms. The molecule has 0 atom stereocenters. The molecule has 0 saturated heterocycles. The van der Waals surface area contributed by atoms with Crippen molar-refractivity contribution in [1.29, 1.82) is 5.26 Å². The number of benzene rings is 2. The summed E-state index contributed by atoms with van der Waals surface area (Å²) in [5.74, 6) is -0.462. The number of nitrogens with two attached hydrogens (primary N) is 1. The van der Waals surface area contributed by atoms with E-state index < -0.39 is 5.97 Å². The van der Waals surface area contributed by atoms with E-state index in [1.807, 2.05) is 6.07 Å². The molecule has 1 aromatic heterocycles. The van der Waals surface area contributed by atoms with Gasteiger partial charge in [0, 0.05) is 12.1 Å². The van der Waals surface area contributed by atoms with E-state index in [1.165, 1.54) is 24.3 Å². The van der Waals surface area contributed by atoms with Crippen LogP contribution in [0.15, 0.2) is 48.5 Å². The van der Waals surface area contributed by atoms with Gasteiger partial charge in [-0.1, -0.05) is 12.1 Å². The number of aryl methyl sites for hydroxylation is 1. The Morgan fingerprint density at radius 3 is 2.52 bits per heavy atom. The summed E-state index contributed by atoms with van der Waals surface area (Å²) < 4.78 is 18.2. The van der Waals surface area contributed by atoms with Crippen LogP contribution in [0.25, 0.3) is 0 Å². The summed E-state index contributed by atoms with van der Waals surface area (Å²) in [5, 5.41) is 11.7. The SMILES string of the molecule is N#Cc1ccc(CCC(=O)OCc2nc(N)nc(Nc3ccc(F)cc3)n2)cc1. The Balaban J connectivity index is 1.54. The number of aromatic nitrogens is 3. The molecule has 29 heavy (non-hydrogen) atoms. The lowest BCUT2D eigenvalue weighted by molar-refractivity contribution is -0.145. The first-order valence-electron chi connectivity index (χ1n) is 8.69. The third kappa shape index (κ3) is 5.97. The van der Waals surface area contributed by atoms with E-state index in [-0.39, 0.29) is 36.6 Å². The van der Waals surface area contributed by atoms with Crippen LogP contribution in [0.1, 0.15) is 23.4 Å². The molecule has 0 radical (unpaired) electrons. The number of nitrogens with one attached hydrogen (secondary N) is 1. The zero-order chi connectivity index (χ0) is 20.6. The minimum Gasteiger partial charge on any atom is -0.457 e. The molecule has 0 aliphatic heterocycles. The van der Waals surface area contributed by atoms with Gasteiger partial charge in [-0.3, -0.25) is 4.79 Å². The highest BCUT2D eigenvalue weighted by Gasteiger charge is 2.09. The van der Waals surface area contributed by atoms with Crippen molar-refractivity contribution in [1.82, 2.24) is 15.0 Å². The number of nitriles is 1. The molecule has 0 bridgehead atoms. The van der Waals surface area contributed by atoms with Crippen LogP contribution in [0.5, 0.6) is 0 Å². The molecule has 0 aliphatic rings. The molecule has 146 valence electrons. The zero-order valence-electron chi connectivity index (χ0n) is 15.3. The normalized spacial score (nSPS) is 10.2. The molecule has 2 aromatic carbocycles. The van der Waals surface area contributed by atoms with Crippen molar-refractivity contribution in [3.05, 3.63) is 71.3 Å².